The topological polar surface area (TPSA) is 41.1 Å². The third-order valence-electron chi connectivity index (χ3n) is 7.88. The molecule has 2 aromatic rings. The van der Waals surface area contributed by atoms with Gasteiger partial charge in [0.2, 0.25) is 5.91 Å². The van der Waals surface area contributed by atoms with Crippen molar-refractivity contribution in [3.05, 3.63) is 76.9 Å². The molecule has 3 atom stereocenters. The summed E-state index contributed by atoms with van der Waals surface area (Å²) in [4.78, 5) is 11.4. The van der Waals surface area contributed by atoms with Crippen LogP contribution in [0.2, 0.25) is 0 Å². The summed E-state index contributed by atoms with van der Waals surface area (Å²) in [5, 5.41) is 6.43. The number of rotatable bonds is 4. The number of benzene rings is 2. The minimum Gasteiger partial charge on any atom is -0.352 e. The Bertz CT molecular complexity index is 1070. The standard InChI is InChI=1S/C16H21N.C14H16F3NO/c1-2-6-13-12(5-1)11-15-14-7-3-4-8-16(13,14)9-10-17-15;1-10(2)9-18-13(19)7-6-11-4-3-5-12(8-11)14(15,16)17/h1-2,5-6,14-15,17H,3-4,7-11H2;3-8,10H,9H2,1-2H3,(H,18,19)/t14-,15+,16-;/m0./s1. The highest BCUT2D eigenvalue weighted by Crippen LogP contribution is 2.53. The van der Waals surface area contributed by atoms with Crippen LogP contribution < -0.4 is 10.6 Å². The Morgan fingerprint density at radius 1 is 1.14 bits per heavy atom. The molecule has 6 heteroatoms. The fourth-order valence-electron chi connectivity index (χ4n) is 6.24. The van der Waals surface area contributed by atoms with Crippen LogP contribution in [0.1, 0.15) is 68.2 Å². The third-order valence-corrected chi connectivity index (χ3v) is 7.88. The predicted molar refractivity (Wildman–Crippen MR) is 139 cm³/mol. The Balaban J connectivity index is 0.000000169. The van der Waals surface area contributed by atoms with Crippen LogP contribution in [0.3, 0.4) is 0 Å². The van der Waals surface area contributed by atoms with Crippen LogP contribution in [0.4, 0.5) is 13.2 Å². The summed E-state index contributed by atoms with van der Waals surface area (Å²) in [5.41, 5.74) is 3.50. The Morgan fingerprint density at radius 3 is 2.72 bits per heavy atom. The van der Waals surface area contributed by atoms with E-state index in [1.165, 1.54) is 69.4 Å². The molecule has 0 spiro atoms. The van der Waals surface area contributed by atoms with Gasteiger partial charge in [0.05, 0.1) is 5.56 Å². The summed E-state index contributed by atoms with van der Waals surface area (Å²) in [5.74, 6) is 0.928. The van der Waals surface area contributed by atoms with E-state index in [9.17, 15) is 18.0 Å². The first-order valence-corrected chi connectivity index (χ1v) is 13.1. The molecule has 3 aliphatic rings. The smallest absolute Gasteiger partial charge is 0.352 e. The summed E-state index contributed by atoms with van der Waals surface area (Å²) in [6, 6.07) is 14.9. The molecular weight excluding hydrogens is 461 g/mol. The molecule has 1 heterocycles. The number of nitrogens with one attached hydrogen (secondary N) is 2. The number of halogens is 3. The molecule has 1 saturated carbocycles. The second kappa shape index (κ2) is 11.2. The zero-order valence-corrected chi connectivity index (χ0v) is 21.2. The maximum absolute atomic E-state index is 12.5. The van der Waals surface area contributed by atoms with Crippen molar-refractivity contribution in [1.82, 2.24) is 10.6 Å². The normalized spacial score (nSPS) is 24.9. The van der Waals surface area contributed by atoms with Gasteiger partial charge < -0.3 is 10.6 Å². The Labute approximate surface area is 212 Å². The van der Waals surface area contributed by atoms with Gasteiger partial charge in [-0.15, -0.1) is 0 Å². The van der Waals surface area contributed by atoms with Gasteiger partial charge in [-0.05, 0) is 79.0 Å². The first-order valence-electron chi connectivity index (χ1n) is 13.1. The molecule has 2 fully saturated rings. The molecule has 36 heavy (non-hydrogen) atoms. The van der Waals surface area contributed by atoms with E-state index in [1.807, 2.05) is 13.8 Å². The molecule has 1 saturated heterocycles. The molecule has 2 N–H and O–H groups in total. The fraction of sp³-hybridized carbons (Fsp3) is 0.500. The highest BCUT2D eigenvalue weighted by atomic mass is 19.4. The third kappa shape index (κ3) is 6.03. The second-order valence-electron chi connectivity index (χ2n) is 10.8. The van der Waals surface area contributed by atoms with E-state index in [4.69, 9.17) is 0 Å². The van der Waals surface area contributed by atoms with Crippen LogP contribution in [0.15, 0.2) is 54.6 Å². The monoisotopic (exact) mass is 498 g/mol. The van der Waals surface area contributed by atoms with Crippen molar-refractivity contribution in [2.45, 2.75) is 70.0 Å². The van der Waals surface area contributed by atoms with E-state index in [1.54, 1.807) is 11.1 Å². The summed E-state index contributed by atoms with van der Waals surface area (Å²) in [6.45, 7) is 5.68. The number of hydrogen-bond acceptors (Lipinski definition) is 2. The van der Waals surface area contributed by atoms with E-state index >= 15 is 0 Å². The Morgan fingerprint density at radius 2 is 1.94 bits per heavy atom. The summed E-state index contributed by atoms with van der Waals surface area (Å²) < 4.78 is 37.4. The largest absolute Gasteiger partial charge is 0.416 e. The highest BCUT2D eigenvalue weighted by Gasteiger charge is 2.51. The summed E-state index contributed by atoms with van der Waals surface area (Å²) in [6.07, 6.45) is 6.64. The van der Waals surface area contributed by atoms with Crippen molar-refractivity contribution in [1.29, 1.82) is 0 Å². The van der Waals surface area contributed by atoms with Gasteiger partial charge in [0, 0.05) is 24.1 Å². The second-order valence-corrected chi connectivity index (χ2v) is 10.8. The van der Waals surface area contributed by atoms with Gasteiger partial charge in [0.25, 0.3) is 0 Å². The molecule has 0 radical (unpaired) electrons. The molecule has 5 rings (SSSR count). The van der Waals surface area contributed by atoms with E-state index in [2.05, 4.69) is 34.9 Å². The average Bonchev–Trinajstić information content (AvgIpc) is 2.86. The predicted octanol–water partition coefficient (Wildman–Crippen LogP) is 6.52. The van der Waals surface area contributed by atoms with Crippen LogP contribution in [0, 0.1) is 11.8 Å². The van der Waals surface area contributed by atoms with E-state index in [-0.39, 0.29) is 5.91 Å². The molecule has 2 aliphatic carbocycles. The maximum atomic E-state index is 12.5. The zero-order chi connectivity index (χ0) is 25.8. The first-order chi connectivity index (χ1) is 17.2. The quantitative estimate of drug-likeness (QED) is 0.471. The number of piperidine rings is 1. The number of carbonyl (C=O) groups is 1. The first kappa shape index (κ1) is 26.5. The van der Waals surface area contributed by atoms with Gasteiger partial charge in [0.15, 0.2) is 0 Å². The van der Waals surface area contributed by atoms with Crippen molar-refractivity contribution in [2.24, 2.45) is 11.8 Å². The van der Waals surface area contributed by atoms with Gasteiger partial charge in [-0.1, -0.05) is 63.1 Å². The van der Waals surface area contributed by atoms with Crippen molar-refractivity contribution < 1.29 is 18.0 Å². The molecule has 0 unspecified atom stereocenters. The van der Waals surface area contributed by atoms with Gasteiger partial charge in [-0.25, -0.2) is 0 Å². The Hall–Kier alpha value is -2.60. The van der Waals surface area contributed by atoms with E-state index in [0.717, 1.165) is 24.1 Å². The molecule has 3 nitrogen and oxygen atoms in total. The lowest BCUT2D eigenvalue weighted by Gasteiger charge is -2.56. The van der Waals surface area contributed by atoms with Crippen LogP contribution in [0.25, 0.3) is 6.08 Å². The van der Waals surface area contributed by atoms with Gasteiger partial charge in [-0.3, -0.25) is 4.79 Å². The number of amides is 1. The molecule has 2 bridgehead atoms. The van der Waals surface area contributed by atoms with Crippen molar-refractivity contribution in [3.63, 3.8) is 0 Å². The lowest BCUT2D eigenvalue weighted by atomic mass is 9.53. The fourth-order valence-corrected chi connectivity index (χ4v) is 6.24. The van der Waals surface area contributed by atoms with Crippen LogP contribution in [-0.2, 0) is 22.8 Å². The molecule has 2 aromatic carbocycles. The lowest BCUT2D eigenvalue weighted by molar-refractivity contribution is -0.137. The van der Waals surface area contributed by atoms with Gasteiger partial charge in [-0.2, -0.15) is 13.2 Å². The zero-order valence-electron chi connectivity index (χ0n) is 21.2. The Kier molecular flexibility index (Phi) is 8.23. The summed E-state index contributed by atoms with van der Waals surface area (Å²) in [7, 11) is 0. The molecule has 1 aliphatic heterocycles. The molecule has 194 valence electrons. The van der Waals surface area contributed by atoms with E-state index in [0.29, 0.717) is 23.4 Å². The average molecular weight is 499 g/mol. The van der Waals surface area contributed by atoms with Crippen LogP contribution in [0.5, 0.6) is 0 Å². The number of carbonyl (C=O) groups excluding carboxylic acids is 1. The molecule has 0 aromatic heterocycles. The van der Waals surface area contributed by atoms with Crippen molar-refractivity contribution in [3.8, 4) is 0 Å². The number of hydrogen-bond donors (Lipinski definition) is 2. The minimum atomic E-state index is -4.37. The highest BCUT2D eigenvalue weighted by molar-refractivity contribution is 5.91. The molecule has 1 amide bonds. The van der Waals surface area contributed by atoms with E-state index < -0.39 is 11.7 Å². The lowest BCUT2D eigenvalue weighted by Crippen LogP contribution is -2.59. The van der Waals surface area contributed by atoms with Gasteiger partial charge >= 0.3 is 6.18 Å². The van der Waals surface area contributed by atoms with Crippen molar-refractivity contribution in [2.75, 3.05) is 13.1 Å². The van der Waals surface area contributed by atoms with Crippen LogP contribution >= 0.6 is 0 Å². The van der Waals surface area contributed by atoms with Crippen molar-refractivity contribution >= 4 is 12.0 Å². The van der Waals surface area contributed by atoms with Gasteiger partial charge in [0.1, 0.15) is 0 Å². The van der Waals surface area contributed by atoms with Crippen LogP contribution in [-0.4, -0.2) is 25.0 Å². The summed E-state index contributed by atoms with van der Waals surface area (Å²) >= 11 is 0. The SMILES string of the molecule is CC(C)CNC(=O)C=Cc1cccc(C(F)(F)F)c1.c1ccc2c(c1)C[C@H]1NCC[C@@]23CCCC[C@@H]13. The molecular formula is C30H37F3N2O. The number of fused-ring (bicyclic) bond motifs is 1. The number of alkyl halides is 3. The minimum absolute atomic E-state index is 0.314. The maximum Gasteiger partial charge on any atom is 0.416 e.